The molecule has 8 heteroatoms. The van der Waals surface area contributed by atoms with Gasteiger partial charge in [-0.3, -0.25) is 10.1 Å². The number of aromatic nitrogens is 4. The van der Waals surface area contributed by atoms with Crippen molar-refractivity contribution in [3.05, 3.63) is 23.5 Å². The van der Waals surface area contributed by atoms with Gasteiger partial charge >= 0.3 is 0 Å². The zero-order valence-electron chi connectivity index (χ0n) is 13.7. The average molecular weight is 318 g/mol. The Morgan fingerprint density at radius 2 is 2.17 bits per heavy atom. The minimum Gasteiger partial charge on any atom is -0.360 e. The van der Waals surface area contributed by atoms with Crippen molar-refractivity contribution in [2.24, 2.45) is 0 Å². The molecule has 0 aromatic carbocycles. The fraction of sp³-hybridized carbons (Fsp3) is 0.600. The normalized spacial score (nSPS) is 16.7. The van der Waals surface area contributed by atoms with Crippen LogP contribution in [0.4, 0.5) is 5.82 Å². The van der Waals surface area contributed by atoms with Gasteiger partial charge in [0.15, 0.2) is 5.82 Å². The van der Waals surface area contributed by atoms with Crippen molar-refractivity contribution in [1.82, 2.24) is 25.2 Å². The summed E-state index contributed by atoms with van der Waals surface area (Å²) in [5.41, 5.74) is 0. The third kappa shape index (κ3) is 3.42. The number of hydrogen-bond donors (Lipinski definition) is 2. The highest BCUT2D eigenvalue weighted by molar-refractivity contribution is 5.93. The number of carbonyl (C=O) groups excluding carboxylic acids is 1. The Bertz CT molecular complexity index is 692. The Hall–Kier alpha value is -2.22. The van der Waals surface area contributed by atoms with E-state index in [1.54, 1.807) is 13.0 Å². The summed E-state index contributed by atoms with van der Waals surface area (Å²) in [5.74, 6) is 2.84. The van der Waals surface area contributed by atoms with E-state index in [-0.39, 0.29) is 11.9 Å². The minimum absolute atomic E-state index is 0.0610. The van der Waals surface area contributed by atoms with E-state index >= 15 is 0 Å². The van der Waals surface area contributed by atoms with Crippen LogP contribution in [0.3, 0.4) is 0 Å². The molecule has 3 heterocycles. The summed E-state index contributed by atoms with van der Waals surface area (Å²) < 4.78 is 7.10. The quantitative estimate of drug-likeness (QED) is 0.869. The first kappa shape index (κ1) is 15.7. The van der Waals surface area contributed by atoms with Crippen molar-refractivity contribution in [3.63, 3.8) is 0 Å². The highest BCUT2D eigenvalue weighted by Crippen LogP contribution is 2.19. The van der Waals surface area contributed by atoms with Crippen LogP contribution in [-0.2, 0) is 17.8 Å². The third-order valence-electron chi connectivity index (χ3n) is 4.05. The van der Waals surface area contributed by atoms with Gasteiger partial charge in [-0.2, -0.15) is 0 Å². The topological polar surface area (TPSA) is 97.9 Å². The first-order chi connectivity index (χ1) is 11.0. The van der Waals surface area contributed by atoms with E-state index in [0.717, 1.165) is 37.5 Å². The molecule has 1 amide bonds. The summed E-state index contributed by atoms with van der Waals surface area (Å²) in [7, 11) is 0. The fourth-order valence-corrected chi connectivity index (χ4v) is 2.84. The first-order valence-electron chi connectivity index (χ1n) is 7.97. The van der Waals surface area contributed by atoms with E-state index in [0.29, 0.717) is 11.6 Å². The van der Waals surface area contributed by atoms with Gasteiger partial charge in [-0.15, -0.1) is 10.2 Å². The van der Waals surface area contributed by atoms with Crippen LogP contribution in [0, 0.1) is 6.92 Å². The van der Waals surface area contributed by atoms with Crippen LogP contribution in [0.15, 0.2) is 10.6 Å². The van der Waals surface area contributed by atoms with Crippen molar-refractivity contribution in [3.8, 4) is 0 Å². The molecule has 1 aliphatic rings. The molecule has 2 aromatic heterocycles. The summed E-state index contributed by atoms with van der Waals surface area (Å²) in [5, 5.41) is 18.3. The number of fused-ring (bicyclic) bond motifs is 1. The zero-order chi connectivity index (χ0) is 16.4. The van der Waals surface area contributed by atoms with Crippen LogP contribution in [0.1, 0.15) is 50.1 Å². The van der Waals surface area contributed by atoms with E-state index in [4.69, 9.17) is 4.52 Å². The van der Waals surface area contributed by atoms with E-state index in [9.17, 15) is 4.79 Å². The number of rotatable bonds is 5. The smallest absolute Gasteiger partial charge is 0.242 e. The van der Waals surface area contributed by atoms with E-state index in [1.807, 2.05) is 13.8 Å². The van der Waals surface area contributed by atoms with Crippen LogP contribution < -0.4 is 10.6 Å². The monoisotopic (exact) mass is 318 g/mol. The standard InChI is InChI=1S/C15H22N6O2/c1-9-8-12(20-23-9)17-15(22)11(3)16-10(2)14-19-18-13-6-4-5-7-21(13)14/h8,10-11,16H,4-7H2,1-3H3,(H,17,20,22)/t10-,11-/m1/s1. The lowest BCUT2D eigenvalue weighted by Crippen LogP contribution is -2.40. The Morgan fingerprint density at radius 1 is 1.35 bits per heavy atom. The molecule has 0 spiro atoms. The molecule has 0 fully saturated rings. The Morgan fingerprint density at radius 3 is 2.91 bits per heavy atom. The van der Waals surface area contributed by atoms with Crippen molar-refractivity contribution < 1.29 is 9.32 Å². The van der Waals surface area contributed by atoms with Crippen molar-refractivity contribution in [1.29, 1.82) is 0 Å². The molecule has 0 unspecified atom stereocenters. The van der Waals surface area contributed by atoms with Crippen LogP contribution >= 0.6 is 0 Å². The van der Waals surface area contributed by atoms with Crippen LogP contribution in [0.25, 0.3) is 0 Å². The van der Waals surface area contributed by atoms with Gasteiger partial charge in [0.25, 0.3) is 0 Å². The lowest BCUT2D eigenvalue weighted by molar-refractivity contribution is -0.118. The lowest BCUT2D eigenvalue weighted by Gasteiger charge is -2.21. The van der Waals surface area contributed by atoms with Crippen LogP contribution in [0.5, 0.6) is 0 Å². The molecule has 0 aliphatic carbocycles. The molecule has 3 rings (SSSR count). The number of amides is 1. The number of anilines is 1. The number of aryl methyl sites for hydroxylation is 2. The Balaban J connectivity index is 1.61. The Kier molecular flexibility index (Phi) is 4.42. The maximum atomic E-state index is 12.2. The molecular weight excluding hydrogens is 296 g/mol. The van der Waals surface area contributed by atoms with Crippen LogP contribution in [0.2, 0.25) is 0 Å². The summed E-state index contributed by atoms with van der Waals surface area (Å²) in [6.07, 6.45) is 3.28. The van der Waals surface area contributed by atoms with E-state index in [2.05, 4.69) is 30.6 Å². The Labute approximate surface area is 134 Å². The van der Waals surface area contributed by atoms with Crippen LogP contribution in [-0.4, -0.2) is 31.9 Å². The van der Waals surface area contributed by atoms with Gasteiger partial charge in [-0.25, -0.2) is 0 Å². The SMILES string of the molecule is Cc1cc(NC(=O)[C@@H](C)N[C@H](C)c2nnc3n2CCCC3)no1. The summed E-state index contributed by atoms with van der Waals surface area (Å²) in [6, 6.07) is 1.23. The van der Waals surface area contributed by atoms with Crippen molar-refractivity contribution in [2.75, 3.05) is 5.32 Å². The predicted octanol–water partition coefficient (Wildman–Crippen LogP) is 1.59. The zero-order valence-corrected chi connectivity index (χ0v) is 13.7. The molecule has 0 radical (unpaired) electrons. The van der Waals surface area contributed by atoms with E-state index < -0.39 is 6.04 Å². The van der Waals surface area contributed by atoms with E-state index in [1.165, 1.54) is 0 Å². The molecule has 0 saturated carbocycles. The number of nitrogens with one attached hydrogen (secondary N) is 2. The fourth-order valence-electron chi connectivity index (χ4n) is 2.84. The van der Waals surface area contributed by atoms with Gasteiger partial charge in [-0.05, 0) is 33.6 Å². The average Bonchev–Trinajstić information content (AvgIpc) is 3.13. The van der Waals surface area contributed by atoms with Gasteiger partial charge in [0, 0.05) is 19.0 Å². The molecule has 0 bridgehead atoms. The molecule has 2 atom stereocenters. The summed E-state index contributed by atoms with van der Waals surface area (Å²) >= 11 is 0. The maximum absolute atomic E-state index is 12.2. The summed E-state index contributed by atoms with van der Waals surface area (Å²) in [4.78, 5) is 12.2. The number of carbonyl (C=O) groups is 1. The van der Waals surface area contributed by atoms with Gasteiger partial charge in [-0.1, -0.05) is 5.16 Å². The number of hydrogen-bond acceptors (Lipinski definition) is 6. The van der Waals surface area contributed by atoms with Crippen molar-refractivity contribution >= 4 is 11.7 Å². The first-order valence-corrected chi connectivity index (χ1v) is 7.97. The molecule has 0 saturated heterocycles. The minimum atomic E-state index is -0.390. The van der Waals surface area contributed by atoms with Gasteiger partial charge in [0.2, 0.25) is 5.91 Å². The van der Waals surface area contributed by atoms with Gasteiger partial charge in [0.1, 0.15) is 17.4 Å². The molecule has 2 N–H and O–H groups in total. The lowest BCUT2D eigenvalue weighted by atomic mass is 10.1. The van der Waals surface area contributed by atoms with Gasteiger partial charge in [0.05, 0.1) is 12.1 Å². The highest BCUT2D eigenvalue weighted by Gasteiger charge is 2.23. The molecular formula is C15H22N6O2. The molecule has 2 aromatic rings. The van der Waals surface area contributed by atoms with Crippen molar-refractivity contribution in [2.45, 2.75) is 58.7 Å². The predicted molar refractivity (Wildman–Crippen MR) is 83.8 cm³/mol. The maximum Gasteiger partial charge on any atom is 0.242 e. The second kappa shape index (κ2) is 6.49. The number of nitrogens with zero attached hydrogens (tertiary/aromatic N) is 4. The molecule has 8 nitrogen and oxygen atoms in total. The molecule has 1 aliphatic heterocycles. The third-order valence-corrected chi connectivity index (χ3v) is 4.05. The molecule has 23 heavy (non-hydrogen) atoms. The largest absolute Gasteiger partial charge is 0.360 e. The second-order valence-corrected chi connectivity index (χ2v) is 6.01. The second-order valence-electron chi connectivity index (χ2n) is 6.01. The summed E-state index contributed by atoms with van der Waals surface area (Å²) in [6.45, 7) is 6.53. The molecule has 124 valence electrons. The van der Waals surface area contributed by atoms with Gasteiger partial charge < -0.3 is 14.4 Å². The highest BCUT2D eigenvalue weighted by atomic mass is 16.5.